The van der Waals surface area contributed by atoms with Gasteiger partial charge in [-0.05, 0) is 47.9 Å². The van der Waals surface area contributed by atoms with Gasteiger partial charge in [-0.3, -0.25) is 4.79 Å². The third-order valence-electron chi connectivity index (χ3n) is 5.09. The highest BCUT2D eigenvalue weighted by Crippen LogP contribution is 2.27. The molecule has 0 aliphatic heterocycles. The molecule has 3 aromatic carbocycles. The van der Waals surface area contributed by atoms with Crippen LogP contribution >= 0.6 is 11.8 Å². The highest BCUT2D eigenvalue weighted by atomic mass is 32.2. The highest BCUT2D eigenvalue weighted by Gasteiger charge is 2.15. The van der Waals surface area contributed by atoms with Gasteiger partial charge in [0.05, 0.1) is 12.7 Å². The third kappa shape index (κ3) is 6.17. The summed E-state index contributed by atoms with van der Waals surface area (Å²) < 4.78 is 16.1. The molecule has 0 unspecified atom stereocenters. The molecule has 1 heterocycles. The lowest BCUT2D eigenvalue weighted by atomic mass is 10.1. The number of amides is 1. The van der Waals surface area contributed by atoms with E-state index >= 15 is 0 Å². The lowest BCUT2D eigenvalue weighted by Crippen LogP contribution is -2.30. The van der Waals surface area contributed by atoms with Crippen LogP contribution in [0.1, 0.15) is 21.5 Å². The van der Waals surface area contributed by atoms with Crippen molar-refractivity contribution in [1.82, 2.24) is 10.3 Å². The van der Waals surface area contributed by atoms with Gasteiger partial charge in [-0.1, -0.05) is 54.2 Å². The molecule has 7 nitrogen and oxygen atoms in total. The summed E-state index contributed by atoms with van der Waals surface area (Å²) in [6, 6.07) is 22.3. The zero-order valence-electron chi connectivity index (χ0n) is 18.7. The number of rotatable bonds is 10. The maximum Gasteiger partial charge on any atom is 0.338 e. The van der Waals surface area contributed by atoms with Gasteiger partial charge in [-0.25, -0.2) is 9.78 Å². The van der Waals surface area contributed by atoms with Crippen LogP contribution in [0.25, 0.3) is 11.1 Å². The Morgan fingerprint density at radius 3 is 2.56 bits per heavy atom. The lowest BCUT2D eigenvalue weighted by molar-refractivity contribution is -0.124. The SMILES string of the molecule is COc1ccc(CCNC(=O)COC(=O)c2ccccc2CSc2nc3ccccc3o2)cc1. The summed E-state index contributed by atoms with van der Waals surface area (Å²) in [7, 11) is 1.62. The maximum absolute atomic E-state index is 12.6. The molecule has 1 aromatic heterocycles. The Hall–Kier alpha value is -3.78. The van der Waals surface area contributed by atoms with Crippen molar-refractivity contribution in [3.8, 4) is 5.75 Å². The standard InChI is InChI=1S/C26H24N2O5S/c1-31-20-12-10-18(11-13-20)14-15-27-24(29)16-32-25(30)21-7-3-2-6-19(21)17-34-26-28-22-8-4-5-9-23(22)33-26/h2-13H,14-17H2,1H3,(H,27,29). The minimum Gasteiger partial charge on any atom is -0.497 e. The topological polar surface area (TPSA) is 90.7 Å². The van der Waals surface area contributed by atoms with E-state index in [9.17, 15) is 9.59 Å². The molecular weight excluding hydrogens is 452 g/mol. The predicted octanol–water partition coefficient (Wildman–Crippen LogP) is 4.64. The van der Waals surface area contributed by atoms with Crippen LogP contribution in [0, 0.1) is 0 Å². The van der Waals surface area contributed by atoms with Crippen molar-refractivity contribution in [1.29, 1.82) is 0 Å². The first kappa shape index (κ1) is 23.4. The van der Waals surface area contributed by atoms with Crippen LogP contribution in [-0.2, 0) is 21.7 Å². The molecule has 0 radical (unpaired) electrons. The van der Waals surface area contributed by atoms with E-state index < -0.39 is 5.97 Å². The number of nitrogens with one attached hydrogen (secondary N) is 1. The number of ether oxygens (including phenoxy) is 2. The monoisotopic (exact) mass is 476 g/mol. The number of hydrogen-bond donors (Lipinski definition) is 1. The van der Waals surface area contributed by atoms with Crippen LogP contribution in [-0.4, -0.2) is 37.1 Å². The molecule has 34 heavy (non-hydrogen) atoms. The smallest absolute Gasteiger partial charge is 0.338 e. The molecule has 0 aliphatic rings. The van der Waals surface area contributed by atoms with E-state index in [0.717, 1.165) is 28.0 Å². The van der Waals surface area contributed by atoms with Gasteiger partial charge in [0, 0.05) is 12.3 Å². The number of carbonyl (C=O) groups excluding carboxylic acids is 2. The van der Waals surface area contributed by atoms with Crippen LogP contribution in [0.15, 0.2) is 82.4 Å². The third-order valence-corrected chi connectivity index (χ3v) is 5.97. The van der Waals surface area contributed by atoms with Crippen molar-refractivity contribution in [2.75, 3.05) is 20.3 Å². The van der Waals surface area contributed by atoms with Crippen LogP contribution < -0.4 is 10.1 Å². The highest BCUT2D eigenvalue weighted by molar-refractivity contribution is 7.98. The van der Waals surface area contributed by atoms with Gasteiger partial charge >= 0.3 is 5.97 Å². The summed E-state index contributed by atoms with van der Waals surface area (Å²) in [6.45, 7) is 0.106. The zero-order valence-corrected chi connectivity index (χ0v) is 19.5. The van der Waals surface area contributed by atoms with Crippen molar-refractivity contribution >= 4 is 34.7 Å². The molecule has 1 amide bonds. The van der Waals surface area contributed by atoms with Crippen LogP contribution in [0.4, 0.5) is 0 Å². The average Bonchev–Trinajstić information content (AvgIpc) is 3.30. The van der Waals surface area contributed by atoms with Crippen LogP contribution in [0.2, 0.25) is 0 Å². The summed E-state index contributed by atoms with van der Waals surface area (Å²) in [4.78, 5) is 29.2. The number of esters is 1. The number of aromatic nitrogens is 1. The second-order valence-corrected chi connectivity index (χ2v) is 8.34. The Morgan fingerprint density at radius 1 is 1.00 bits per heavy atom. The Balaban J connectivity index is 1.26. The van der Waals surface area contributed by atoms with Gasteiger partial charge in [0.2, 0.25) is 0 Å². The Labute approximate surface area is 201 Å². The number of oxazole rings is 1. The fourth-order valence-corrected chi connectivity index (χ4v) is 4.14. The Kier molecular flexibility index (Phi) is 7.83. The molecule has 8 heteroatoms. The van der Waals surface area contributed by atoms with Crippen molar-refractivity contribution in [3.05, 3.63) is 89.5 Å². The first-order chi connectivity index (χ1) is 16.6. The van der Waals surface area contributed by atoms with E-state index in [4.69, 9.17) is 13.9 Å². The van der Waals surface area contributed by atoms with Gasteiger partial charge in [-0.2, -0.15) is 0 Å². The average molecular weight is 477 g/mol. The minimum atomic E-state index is -0.543. The molecular formula is C26H24N2O5S. The van der Waals surface area contributed by atoms with Crippen LogP contribution in [0.5, 0.6) is 5.75 Å². The Morgan fingerprint density at radius 2 is 1.76 bits per heavy atom. The van der Waals surface area contributed by atoms with Crippen molar-refractivity contribution in [2.45, 2.75) is 17.4 Å². The fourth-order valence-electron chi connectivity index (χ4n) is 3.30. The molecule has 0 saturated heterocycles. The number of fused-ring (bicyclic) bond motifs is 1. The minimum absolute atomic E-state index is 0.339. The van der Waals surface area contributed by atoms with E-state index in [-0.39, 0.29) is 12.5 Å². The first-order valence-corrected chi connectivity index (χ1v) is 11.7. The van der Waals surface area contributed by atoms with Crippen molar-refractivity contribution in [2.24, 2.45) is 0 Å². The van der Waals surface area contributed by atoms with Crippen molar-refractivity contribution in [3.63, 3.8) is 0 Å². The maximum atomic E-state index is 12.6. The summed E-state index contributed by atoms with van der Waals surface area (Å²) in [5, 5.41) is 3.30. The number of carbonyl (C=O) groups is 2. The largest absolute Gasteiger partial charge is 0.497 e. The molecule has 0 bridgehead atoms. The predicted molar refractivity (Wildman–Crippen MR) is 130 cm³/mol. The molecule has 174 valence electrons. The summed E-state index contributed by atoms with van der Waals surface area (Å²) in [5.41, 5.74) is 3.77. The summed E-state index contributed by atoms with van der Waals surface area (Å²) >= 11 is 1.39. The normalized spacial score (nSPS) is 10.7. The van der Waals surface area contributed by atoms with Gasteiger partial charge in [0.25, 0.3) is 11.1 Å². The van der Waals surface area contributed by atoms with E-state index in [1.54, 1.807) is 19.2 Å². The molecule has 0 atom stereocenters. The molecule has 1 N–H and O–H groups in total. The number of methoxy groups -OCH3 is 1. The first-order valence-electron chi connectivity index (χ1n) is 10.8. The van der Waals surface area contributed by atoms with E-state index in [2.05, 4.69) is 10.3 Å². The number of thioether (sulfide) groups is 1. The van der Waals surface area contributed by atoms with Gasteiger partial charge in [0.15, 0.2) is 12.2 Å². The second kappa shape index (κ2) is 11.4. The summed E-state index contributed by atoms with van der Waals surface area (Å²) in [6.07, 6.45) is 0.666. The number of nitrogens with zero attached hydrogens (tertiary/aromatic N) is 1. The molecule has 0 aliphatic carbocycles. The molecule has 0 spiro atoms. The van der Waals surface area contributed by atoms with Crippen molar-refractivity contribution < 1.29 is 23.5 Å². The van der Waals surface area contributed by atoms with Crippen LogP contribution in [0.3, 0.4) is 0 Å². The summed E-state index contributed by atoms with van der Waals surface area (Å²) in [5.74, 6) is 0.373. The Bertz CT molecular complexity index is 1240. The molecule has 4 aromatic rings. The van der Waals surface area contributed by atoms with E-state index in [0.29, 0.717) is 29.5 Å². The second-order valence-electron chi connectivity index (χ2n) is 7.42. The lowest BCUT2D eigenvalue weighted by Gasteiger charge is -2.09. The quantitative estimate of drug-likeness (QED) is 0.263. The molecule has 4 rings (SSSR count). The fraction of sp³-hybridized carbons (Fsp3) is 0.192. The molecule has 0 fully saturated rings. The van der Waals surface area contributed by atoms with Gasteiger partial charge in [-0.15, -0.1) is 0 Å². The number of hydrogen-bond acceptors (Lipinski definition) is 7. The number of para-hydroxylation sites is 2. The van der Waals surface area contributed by atoms with Gasteiger partial charge < -0.3 is 19.2 Å². The zero-order chi connectivity index (χ0) is 23.8. The molecule has 0 saturated carbocycles. The number of benzene rings is 3. The van der Waals surface area contributed by atoms with E-state index in [1.807, 2.05) is 60.7 Å². The van der Waals surface area contributed by atoms with E-state index in [1.165, 1.54) is 11.8 Å². The van der Waals surface area contributed by atoms with Gasteiger partial charge in [0.1, 0.15) is 11.3 Å².